The molecule has 0 unspecified atom stereocenters. The van der Waals surface area contributed by atoms with Crippen LogP contribution in [-0.4, -0.2) is 14.5 Å². The summed E-state index contributed by atoms with van der Waals surface area (Å²) in [5.74, 6) is 0.660. The molecule has 3 heterocycles. The Morgan fingerprint density at radius 3 is 1.52 bits per heavy atom. The second kappa shape index (κ2) is 12.4. The van der Waals surface area contributed by atoms with Crippen molar-refractivity contribution in [2.24, 2.45) is 0 Å². The molecule has 54 heavy (non-hydrogen) atoms. The number of fused-ring (bicyclic) bond motifs is 10. The molecule has 3 aromatic heterocycles. The maximum Gasteiger partial charge on any atom is 0.235 e. The first kappa shape index (κ1) is 30.7. The summed E-state index contributed by atoms with van der Waals surface area (Å²) in [6, 6.07) is 67.0. The molecule has 11 aromatic rings. The van der Waals surface area contributed by atoms with Gasteiger partial charge >= 0.3 is 0 Å². The van der Waals surface area contributed by atoms with Gasteiger partial charge in [0.15, 0.2) is 0 Å². The van der Waals surface area contributed by atoms with Crippen LogP contribution in [0.1, 0.15) is 0 Å². The van der Waals surface area contributed by atoms with E-state index in [0.29, 0.717) is 5.95 Å². The molecule has 3 nitrogen and oxygen atoms in total. The van der Waals surface area contributed by atoms with Crippen molar-refractivity contribution < 1.29 is 0 Å². The van der Waals surface area contributed by atoms with Crippen molar-refractivity contribution in [1.82, 2.24) is 14.5 Å². The zero-order valence-corrected chi connectivity index (χ0v) is 30.0. The van der Waals surface area contributed by atoms with E-state index in [-0.39, 0.29) is 0 Å². The first-order valence-electron chi connectivity index (χ1n) is 18.2. The van der Waals surface area contributed by atoms with Gasteiger partial charge in [-0.05, 0) is 51.9 Å². The Hall–Kier alpha value is -6.88. The van der Waals surface area contributed by atoms with Crippen molar-refractivity contribution in [3.8, 4) is 50.7 Å². The van der Waals surface area contributed by atoms with Crippen LogP contribution < -0.4 is 0 Å². The number of para-hydroxylation sites is 1. The zero-order valence-electron chi connectivity index (χ0n) is 29.1. The molecule has 0 fully saturated rings. The minimum atomic E-state index is 0.660. The standard InChI is InChI=1S/C50H31N3S/c1-4-14-32(15-5-1)33-24-26-34(27-25-33)37-28-29-45-41(30-37)46-38-20-10-11-21-39(38)48-47(49(46)54-45)40-22-12-13-23-44(40)53(48)50-51-42(35-16-6-2-7-17-35)31-43(52-50)36-18-8-3-9-19-36/h1-31H. The molecule has 0 spiro atoms. The molecule has 0 amide bonds. The van der Waals surface area contributed by atoms with Gasteiger partial charge in [-0.15, -0.1) is 11.3 Å². The Labute approximate surface area is 316 Å². The summed E-state index contributed by atoms with van der Waals surface area (Å²) in [7, 11) is 0. The van der Waals surface area contributed by atoms with E-state index in [9.17, 15) is 0 Å². The summed E-state index contributed by atoms with van der Waals surface area (Å²) in [6.45, 7) is 0. The third kappa shape index (κ3) is 4.88. The molecular formula is C50H31N3S. The minimum Gasteiger partial charge on any atom is -0.277 e. The molecule has 252 valence electrons. The molecule has 0 bridgehead atoms. The fourth-order valence-electron chi connectivity index (χ4n) is 8.09. The number of rotatable bonds is 5. The predicted molar refractivity (Wildman–Crippen MR) is 229 cm³/mol. The quantitative estimate of drug-likeness (QED) is 0.178. The Morgan fingerprint density at radius 2 is 0.870 bits per heavy atom. The number of hydrogen-bond donors (Lipinski definition) is 0. The number of benzene rings is 8. The van der Waals surface area contributed by atoms with Crippen LogP contribution in [0.2, 0.25) is 0 Å². The van der Waals surface area contributed by atoms with Crippen LogP contribution >= 0.6 is 11.3 Å². The lowest BCUT2D eigenvalue weighted by Crippen LogP contribution is -2.04. The molecule has 0 atom stereocenters. The van der Waals surface area contributed by atoms with Crippen molar-refractivity contribution in [2.75, 3.05) is 0 Å². The maximum atomic E-state index is 5.33. The number of hydrogen-bond acceptors (Lipinski definition) is 3. The summed E-state index contributed by atoms with van der Waals surface area (Å²) in [5.41, 5.74) is 11.0. The average molecular weight is 706 g/mol. The highest BCUT2D eigenvalue weighted by Crippen LogP contribution is 2.48. The fourth-order valence-corrected chi connectivity index (χ4v) is 9.35. The smallest absolute Gasteiger partial charge is 0.235 e. The molecule has 4 heteroatoms. The molecule has 0 saturated carbocycles. The van der Waals surface area contributed by atoms with Crippen LogP contribution in [0.3, 0.4) is 0 Å². The lowest BCUT2D eigenvalue weighted by molar-refractivity contribution is 0.998. The van der Waals surface area contributed by atoms with Crippen molar-refractivity contribution >= 4 is 64.1 Å². The van der Waals surface area contributed by atoms with Crippen LogP contribution in [0.5, 0.6) is 0 Å². The van der Waals surface area contributed by atoms with Gasteiger partial charge in [-0.3, -0.25) is 4.57 Å². The topological polar surface area (TPSA) is 30.7 Å². The molecular weight excluding hydrogens is 675 g/mol. The average Bonchev–Trinajstić information content (AvgIpc) is 3.81. The lowest BCUT2D eigenvalue weighted by atomic mass is 9.97. The molecule has 8 aromatic carbocycles. The summed E-state index contributed by atoms with van der Waals surface area (Å²) in [5, 5.41) is 7.43. The van der Waals surface area contributed by atoms with Crippen molar-refractivity contribution in [1.29, 1.82) is 0 Å². The second-order valence-corrected chi connectivity index (χ2v) is 14.8. The minimum absolute atomic E-state index is 0.660. The van der Waals surface area contributed by atoms with E-state index < -0.39 is 0 Å². The predicted octanol–water partition coefficient (Wildman–Crippen LogP) is 13.8. The summed E-state index contributed by atoms with van der Waals surface area (Å²) in [4.78, 5) is 10.7. The SMILES string of the molecule is c1ccc(-c2ccc(-c3ccc4sc5c(c4c3)c3ccccc3c3c5c4ccccc4n3-c3nc(-c4ccccc4)cc(-c4ccccc4)n3)cc2)cc1. The van der Waals surface area contributed by atoms with Crippen LogP contribution in [0.4, 0.5) is 0 Å². The maximum absolute atomic E-state index is 5.33. The zero-order chi connectivity index (χ0) is 35.6. The van der Waals surface area contributed by atoms with Gasteiger partial charge in [0, 0.05) is 47.5 Å². The molecule has 0 radical (unpaired) electrons. The molecule has 0 aliphatic carbocycles. The van der Waals surface area contributed by atoms with E-state index in [0.717, 1.165) is 33.5 Å². The first-order valence-corrected chi connectivity index (χ1v) is 19.1. The molecule has 11 rings (SSSR count). The van der Waals surface area contributed by atoms with Crippen molar-refractivity contribution in [3.05, 3.63) is 188 Å². The van der Waals surface area contributed by atoms with Gasteiger partial charge < -0.3 is 0 Å². The van der Waals surface area contributed by atoms with Crippen LogP contribution in [-0.2, 0) is 0 Å². The number of aromatic nitrogens is 3. The monoisotopic (exact) mass is 705 g/mol. The van der Waals surface area contributed by atoms with Gasteiger partial charge in [0.05, 0.1) is 22.4 Å². The van der Waals surface area contributed by atoms with E-state index in [1.165, 1.54) is 64.0 Å². The Bertz CT molecular complexity index is 3120. The largest absolute Gasteiger partial charge is 0.277 e. The number of nitrogens with zero attached hydrogens (tertiary/aromatic N) is 3. The van der Waals surface area contributed by atoms with Gasteiger partial charge in [0.2, 0.25) is 5.95 Å². The third-order valence-corrected chi connectivity index (χ3v) is 11.8. The van der Waals surface area contributed by atoms with Crippen molar-refractivity contribution in [3.63, 3.8) is 0 Å². The van der Waals surface area contributed by atoms with Gasteiger partial charge in [-0.2, -0.15) is 0 Å². The van der Waals surface area contributed by atoms with Gasteiger partial charge in [-0.25, -0.2) is 9.97 Å². The summed E-state index contributed by atoms with van der Waals surface area (Å²) < 4.78 is 4.86. The van der Waals surface area contributed by atoms with Crippen LogP contribution in [0.15, 0.2) is 188 Å². The lowest BCUT2D eigenvalue weighted by Gasteiger charge is -2.13. The number of thiophene rings is 1. The van der Waals surface area contributed by atoms with Crippen LogP contribution in [0, 0.1) is 0 Å². The Balaban J connectivity index is 1.19. The Morgan fingerprint density at radius 1 is 0.370 bits per heavy atom. The molecule has 0 N–H and O–H groups in total. The van der Waals surface area contributed by atoms with E-state index in [1.54, 1.807) is 0 Å². The fraction of sp³-hybridized carbons (Fsp3) is 0. The molecule has 0 aliphatic heterocycles. The molecule has 0 aliphatic rings. The summed E-state index contributed by atoms with van der Waals surface area (Å²) >= 11 is 1.88. The van der Waals surface area contributed by atoms with Gasteiger partial charge in [-0.1, -0.05) is 164 Å². The van der Waals surface area contributed by atoms with E-state index in [1.807, 2.05) is 23.5 Å². The van der Waals surface area contributed by atoms with Crippen molar-refractivity contribution in [2.45, 2.75) is 0 Å². The highest BCUT2D eigenvalue weighted by atomic mass is 32.1. The van der Waals surface area contributed by atoms with E-state index in [4.69, 9.17) is 9.97 Å². The highest BCUT2D eigenvalue weighted by molar-refractivity contribution is 7.27. The van der Waals surface area contributed by atoms with E-state index >= 15 is 0 Å². The van der Waals surface area contributed by atoms with Crippen LogP contribution in [0.25, 0.3) is 103 Å². The molecule has 0 saturated heterocycles. The third-order valence-electron chi connectivity index (χ3n) is 10.6. The van der Waals surface area contributed by atoms with E-state index in [2.05, 4.69) is 180 Å². The van der Waals surface area contributed by atoms with Gasteiger partial charge in [0.1, 0.15) is 0 Å². The van der Waals surface area contributed by atoms with Gasteiger partial charge in [0.25, 0.3) is 0 Å². The summed E-state index contributed by atoms with van der Waals surface area (Å²) in [6.07, 6.45) is 0. The normalized spacial score (nSPS) is 11.7. The second-order valence-electron chi connectivity index (χ2n) is 13.8. The highest BCUT2D eigenvalue weighted by Gasteiger charge is 2.23. The Kier molecular flexibility index (Phi) is 7.04. The first-order chi connectivity index (χ1) is 26.8.